The Morgan fingerprint density at radius 2 is 2.11 bits per heavy atom. The second-order valence-electron chi connectivity index (χ2n) is 4.82. The van der Waals surface area contributed by atoms with Crippen LogP contribution in [0.1, 0.15) is 18.4 Å². The van der Waals surface area contributed by atoms with Gasteiger partial charge in [0, 0.05) is 5.25 Å². The Labute approximate surface area is 109 Å². The first-order valence-electron chi connectivity index (χ1n) is 6.08. The molecule has 1 heterocycles. The highest BCUT2D eigenvalue weighted by Crippen LogP contribution is 2.42. The van der Waals surface area contributed by atoms with E-state index in [1.54, 1.807) is 18.7 Å². The smallest absolute Gasteiger partial charge is 0.161 e. The van der Waals surface area contributed by atoms with E-state index in [2.05, 4.69) is 10.3 Å². The molecule has 96 valence electrons. The van der Waals surface area contributed by atoms with Gasteiger partial charge in [-0.2, -0.15) is 0 Å². The molecule has 1 aliphatic heterocycles. The van der Waals surface area contributed by atoms with Crippen molar-refractivity contribution >= 4 is 22.6 Å². The first-order chi connectivity index (χ1) is 8.65. The lowest BCUT2D eigenvalue weighted by Crippen LogP contribution is -2.11. The molecule has 0 amide bonds. The minimum absolute atomic E-state index is 0.0855. The number of hydrogen-bond acceptors (Lipinski definition) is 3. The number of thioether (sulfide) groups is 1. The van der Waals surface area contributed by atoms with E-state index in [4.69, 9.17) is 0 Å². The van der Waals surface area contributed by atoms with Crippen molar-refractivity contribution in [1.29, 1.82) is 0 Å². The van der Waals surface area contributed by atoms with Gasteiger partial charge in [0.15, 0.2) is 11.0 Å². The molecule has 1 unspecified atom stereocenters. The van der Waals surface area contributed by atoms with E-state index in [1.807, 2.05) is 0 Å². The van der Waals surface area contributed by atoms with Crippen molar-refractivity contribution in [2.75, 3.05) is 11.9 Å². The summed E-state index contributed by atoms with van der Waals surface area (Å²) >= 11 is 1.60. The first-order valence-corrected chi connectivity index (χ1v) is 6.96. The number of halogens is 2. The molecule has 0 saturated heterocycles. The van der Waals surface area contributed by atoms with Crippen molar-refractivity contribution in [2.45, 2.75) is 25.0 Å². The molecule has 2 aliphatic rings. The van der Waals surface area contributed by atoms with Crippen LogP contribution in [0.25, 0.3) is 0 Å². The van der Waals surface area contributed by atoms with Gasteiger partial charge in [-0.15, -0.1) is 0 Å². The zero-order valence-electron chi connectivity index (χ0n) is 10.0. The van der Waals surface area contributed by atoms with E-state index < -0.39 is 11.6 Å². The third-order valence-electron chi connectivity index (χ3n) is 3.34. The summed E-state index contributed by atoms with van der Waals surface area (Å²) in [6.07, 6.45) is 2.52. The molecule has 1 aromatic carbocycles. The maximum absolute atomic E-state index is 13.8. The first kappa shape index (κ1) is 12.0. The molecule has 1 saturated carbocycles. The Morgan fingerprint density at radius 3 is 2.83 bits per heavy atom. The van der Waals surface area contributed by atoms with Crippen molar-refractivity contribution in [3.63, 3.8) is 0 Å². The number of aliphatic imine (C=N–C) groups is 1. The molecule has 1 aliphatic carbocycles. The second-order valence-corrected chi connectivity index (χ2v) is 6.05. The van der Waals surface area contributed by atoms with E-state index in [0.29, 0.717) is 16.0 Å². The zero-order chi connectivity index (χ0) is 12.7. The van der Waals surface area contributed by atoms with Crippen molar-refractivity contribution < 1.29 is 8.78 Å². The molecule has 1 atom stereocenters. The van der Waals surface area contributed by atoms with Crippen molar-refractivity contribution in [3.8, 4) is 0 Å². The van der Waals surface area contributed by atoms with Crippen LogP contribution >= 0.6 is 11.8 Å². The van der Waals surface area contributed by atoms with Crippen LogP contribution in [0.2, 0.25) is 0 Å². The van der Waals surface area contributed by atoms with Crippen LogP contribution in [0.3, 0.4) is 0 Å². The average Bonchev–Trinajstić information content (AvgIpc) is 3.10. The fourth-order valence-electron chi connectivity index (χ4n) is 2.05. The minimum Gasteiger partial charge on any atom is -0.330 e. The molecular weight excluding hydrogens is 254 g/mol. The molecule has 1 aromatic rings. The molecule has 1 N–H and O–H groups in total. The SMILES string of the molecule is Cc1ccc(F)c(NC2=NCC(C3CC3)S2)c1F. The van der Waals surface area contributed by atoms with Crippen LogP contribution in [0.15, 0.2) is 17.1 Å². The molecule has 0 radical (unpaired) electrons. The molecule has 1 fully saturated rings. The van der Waals surface area contributed by atoms with Gasteiger partial charge in [0.1, 0.15) is 11.5 Å². The standard InChI is InChI=1S/C13H14F2N2S/c1-7-2-5-9(14)12(11(7)15)17-13-16-6-10(18-13)8-3-4-8/h2,5,8,10H,3-4,6H2,1H3,(H,16,17). The molecule has 2 nitrogen and oxygen atoms in total. The number of amidine groups is 1. The van der Waals surface area contributed by atoms with Gasteiger partial charge in [-0.3, -0.25) is 4.99 Å². The van der Waals surface area contributed by atoms with Gasteiger partial charge in [-0.1, -0.05) is 17.8 Å². The van der Waals surface area contributed by atoms with E-state index >= 15 is 0 Å². The Balaban J connectivity index is 1.75. The third-order valence-corrected chi connectivity index (χ3v) is 4.63. The molecule has 5 heteroatoms. The Bertz CT molecular complexity index is 512. The Kier molecular flexibility index (Phi) is 3.01. The molecule has 18 heavy (non-hydrogen) atoms. The zero-order valence-corrected chi connectivity index (χ0v) is 10.9. The van der Waals surface area contributed by atoms with Gasteiger partial charge in [-0.05, 0) is 37.3 Å². The predicted molar refractivity (Wildman–Crippen MR) is 71.1 cm³/mol. The number of nitrogens with one attached hydrogen (secondary N) is 1. The number of hydrogen-bond donors (Lipinski definition) is 1. The molecule has 0 aromatic heterocycles. The van der Waals surface area contributed by atoms with Gasteiger partial charge in [0.25, 0.3) is 0 Å². The number of anilines is 1. The lowest BCUT2D eigenvalue weighted by atomic mass is 10.2. The molecule has 0 spiro atoms. The van der Waals surface area contributed by atoms with E-state index in [0.717, 1.165) is 12.5 Å². The van der Waals surface area contributed by atoms with E-state index in [9.17, 15) is 8.78 Å². The molecule has 3 rings (SSSR count). The van der Waals surface area contributed by atoms with Gasteiger partial charge >= 0.3 is 0 Å². The van der Waals surface area contributed by atoms with Crippen molar-refractivity contribution in [3.05, 3.63) is 29.3 Å². The second kappa shape index (κ2) is 4.53. The number of rotatable bonds is 2. The van der Waals surface area contributed by atoms with Gasteiger partial charge in [0.05, 0.1) is 6.54 Å². The maximum atomic E-state index is 13.8. The Hall–Kier alpha value is -1.10. The van der Waals surface area contributed by atoms with Gasteiger partial charge < -0.3 is 5.32 Å². The van der Waals surface area contributed by atoms with E-state index in [-0.39, 0.29) is 5.69 Å². The highest BCUT2D eigenvalue weighted by Gasteiger charge is 2.35. The van der Waals surface area contributed by atoms with Crippen molar-refractivity contribution in [2.24, 2.45) is 10.9 Å². The summed E-state index contributed by atoms with van der Waals surface area (Å²) in [7, 11) is 0. The highest BCUT2D eigenvalue weighted by molar-refractivity contribution is 8.15. The van der Waals surface area contributed by atoms with Crippen LogP contribution in [-0.2, 0) is 0 Å². The summed E-state index contributed by atoms with van der Waals surface area (Å²) in [6.45, 7) is 2.38. The summed E-state index contributed by atoms with van der Waals surface area (Å²) in [4.78, 5) is 4.32. The van der Waals surface area contributed by atoms with Crippen molar-refractivity contribution in [1.82, 2.24) is 0 Å². The summed E-state index contributed by atoms with van der Waals surface area (Å²) in [5.41, 5.74) is 0.346. The van der Waals surface area contributed by atoms with E-state index in [1.165, 1.54) is 25.0 Å². The number of benzene rings is 1. The summed E-state index contributed by atoms with van der Waals surface area (Å²) in [5, 5.41) is 3.92. The fraction of sp³-hybridized carbons (Fsp3) is 0.462. The van der Waals surface area contributed by atoms with Crippen LogP contribution in [0, 0.1) is 24.5 Å². The lowest BCUT2D eigenvalue weighted by Gasteiger charge is -2.10. The number of nitrogens with zero attached hydrogens (tertiary/aromatic N) is 1. The van der Waals surface area contributed by atoms with Crippen LogP contribution < -0.4 is 5.32 Å². The summed E-state index contributed by atoms with van der Waals surface area (Å²) in [5.74, 6) is -0.366. The van der Waals surface area contributed by atoms with Crippen LogP contribution in [-0.4, -0.2) is 17.0 Å². The normalized spacial score (nSPS) is 23.1. The monoisotopic (exact) mass is 268 g/mol. The fourth-order valence-corrected chi connectivity index (χ4v) is 3.26. The third kappa shape index (κ3) is 2.23. The molecule has 0 bridgehead atoms. The minimum atomic E-state index is -0.573. The van der Waals surface area contributed by atoms with Crippen LogP contribution in [0.4, 0.5) is 14.5 Å². The largest absolute Gasteiger partial charge is 0.330 e. The number of aryl methyl sites for hydroxylation is 1. The maximum Gasteiger partial charge on any atom is 0.161 e. The average molecular weight is 268 g/mol. The topological polar surface area (TPSA) is 24.4 Å². The Morgan fingerprint density at radius 1 is 1.33 bits per heavy atom. The predicted octanol–water partition coefficient (Wildman–Crippen LogP) is 3.57. The van der Waals surface area contributed by atoms with Gasteiger partial charge in [0.2, 0.25) is 0 Å². The summed E-state index contributed by atoms with van der Waals surface area (Å²) < 4.78 is 27.4. The quantitative estimate of drug-likeness (QED) is 0.886. The molecular formula is C13H14F2N2S. The highest BCUT2D eigenvalue weighted by atomic mass is 32.2. The summed E-state index contributed by atoms with van der Waals surface area (Å²) in [6, 6.07) is 2.71. The van der Waals surface area contributed by atoms with Crippen LogP contribution in [0.5, 0.6) is 0 Å². The van der Waals surface area contributed by atoms with Gasteiger partial charge in [-0.25, -0.2) is 8.78 Å². The lowest BCUT2D eigenvalue weighted by molar-refractivity contribution is 0.585.